The van der Waals surface area contributed by atoms with Gasteiger partial charge >= 0.3 is 12.0 Å². The summed E-state index contributed by atoms with van der Waals surface area (Å²) in [6.45, 7) is 2.95. The quantitative estimate of drug-likeness (QED) is 0.787. The zero-order chi connectivity index (χ0) is 16.2. The van der Waals surface area contributed by atoms with E-state index in [1.807, 2.05) is 0 Å². The molecular weight excluding hydrogens is 276 g/mol. The number of aliphatic carboxylic acids is 1. The van der Waals surface area contributed by atoms with Crippen molar-refractivity contribution < 1.29 is 19.5 Å². The van der Waals surface area contributed by atoms with Crippen molar-refractivity contribution in [3.05, 3.63) is 29.1 Å². The third-order valence-electron chi connectivity index (χ3n) is 2.97. The Balaban J connectivity index is 2.66. The van der Waals surface area contributed by atoms with Crippen molar-refractivity contribution in [2.45, 2.75) is 20.4 Å². The van der Waals surface area contributed by atoms with Crippen molar-refractivity contribution in [2.75, 3.05) is 7.05 Å². The first kappa shape index (κ1) is 16.4. The van der Waals surface area contributed by atoms with E-state index in [1.54, 1.807) is 24.1 Å². The molecule has 1 aromatic heterocycles. The molecule has 0 saturated heterocycles. The first-order valence-electron chi connectivity index (χ1n) is 6.17. The number of carbonyl (C=O) groups excluding carboxylic acids is 2. The Labute approximate surface area is 122 Å². The SMILES string of the molecule is CC(C(=O)O)=C(C)C(=O)NC(=O)N(C)Cc1cnn(C)c1. The first-order chi connectivity index (χ1) is 9.72. The Morgan fingerprint density at radius 3 is 2.43 bits per heavy atom. The second kappa shape index (κ2) is 6.69. The minimum Gasteiger partial charge on any atom is -0.478 e. The highest BCUT2D eigenvalue weighted by Crippen LogP contribution is 2.05. The standard InChI is InChI=1S/C13H18N4O4/c1-8(9(2)12(19)20)11(18)15-13(21)16(3)6-10-5-14-17(4)7-10/h5,7H,6H2,1-4H3,(H,19,20)(H,15,18,21). The van der Waals surface area contributed by atoms with Crippen LogP contribution in [-0.2, 0) is 23.2 Å². The van der Waals surface area contributed by atoms with Crippen molar-refractivity contribution in [1.29, 1.82) is 0 Å². The van der Waals surface area contributed by atoms with Crippen LogP contribution in [0.15, 0.2) is 23.5 Å². The predicted octanol–water partition coefficient (Wildman–Crippen LogP) is 0.509. The van der Waals surface area contributed by atoms with Crippen LogP contribution in [-0.4, -0.2) is 44.7 Å². The van der Waals surface area contributed by atoms with Crippen LogP contribution in [0.25, 0.3) is 0 Å². The lowest BCUT2D eigenvalue weighted by molar-refractivity contribution is -0.133. The highest BCUT2D eigenvalue weighted by Gasteiger charge is 2.17. The number of hydrogen-bond donors (Lipinski definition) is 2. The topological polar surface area (TPSA) is 105 Å². The summed E-state index contributed by atoms with van der Waals surface area (Å²) in [5.74, 6) is -1.92. The summed E-state index contributed by atoms with van der Waals surface area (Å²) in [5, 5.41) is 14.9. The summed E-state index contributed by atoms with van der Waals surface area (Å²) in [6, 6.07) is -0.610. The number of rotatable bonds is 4. The third kappa shape index (κ3) is 4.44. The number of carboxylic acid groups (broad SMARTS) is 1. The lowest BCUT2D eigenvalue weighted by atomic mass is 10.1. The normalized spacial score (nSPS) is 11.6. The van der Waals surface area contributed by atoms with Crippen molar-refractivity contribution in [3.8, 4) is 0 Å². The van der Waals surface area contributed by atoms with E-state index in [0.717, 1.165) is 5.56 Å². The minimum atomic E-state index is -1.20. The van der Waals surface area contributed by atoms with Gasteiger partial charge in [-0.1, -0.05) is 0 Å². The average Bonchev–Trinajstić information content (AvgIpc) is 2.81. The van der Waals surface area contributed by atoms with E-state index >= 15 is 0 Å². The molecule has 0 spiro atoms. The number of nitrogens with one attached hydrogen (secondary N) is 1. The molecule has 0 aliphatic carbocycles. The number of carbonyl (C=O) groups is 3. The molecule has 0 aliphatic rings. The van der Waals surface area contributed by atoms with Gasteiger partial charge in [0.05, 0.1) is 12.7 Å². The van der Waals surface area contributed by atoms with Crippen LogP contribution in [0.3, 0.4) is 0 Å². The maximum absolute atomic E-state index is 11.9. The molecule has 3 amide bonds. The third-order valence-corrected chi connectivity index (χ3v) is 2.97. The van der Waals surface area contributed by atoms with Gasteiger partial charge in [-0.25, -0.2) is 9.59 Å². The molecule has 1 aromatic rings. The number of nitrogens with zero attached hydrogens (tertiary/aromatic N) is 3. The molecule has 2 N–H and O–H groups in total. The fourth-order valence-corrected chi connectivity index (χ4v) is 1.52. The number of aromatic nitrogens is 2. The van der Waals surface area contributed by atoms with Gasteiger partial charge in [-0.15, -0.1) is 0 Å². The molecule has 8 nitrogen and oxygen atoms in total. The minimum absolute atomic E-state index is 0.00868. The van der Waals surface area contributed by atoms with E-state index in [9.17, 15) is 14.4 Å². The van der Waals surface area contributed by atoms with E-state index in [4.69, 9.17) is 5.11 Å². The van der Waals surface area contributed by atoms with Gasteiger partial charge in [0, 0.05) is 37.0 Å². The van der Waals surface area contributed by atoms with Gasteiger partial charge in [0.25, 0.3) is 5.91 Å². The van der Waals surface area contributed by atoms with E-state index in [-0.39, 0.29) is 17.7 Å². The Morgan fingerprint density at radius 2 is 1.95 bits per heavy atom. The van der Waals surface area contributed by atoms with Gasteiger partial charge in [-0.3, -0.25) is 14.8 Å². The monoisotopic (exact) mass is 294 g/mol. The fraction of sp³-hybridized carbons (Fsp3) is 0.385. The second-order valence-corrected chi connectivity index (χ2v) is 4.69. The average molecular weight is 294 g/mol. The number of hydrogen-bond acceptors (Lipinski definition) is 4. The smallest absolute Gasteiger partial charge is 0.331 e. The molecular formula is C13H18N4O4. The molecule has 1 heterocycles. The fourth-order valence-electron chi connectivity index (χ4n) is 1.52. The number of imide groups is 1. The van der Waals surface area contributed by atoms with Gasteiger partial charge < -0.3 is 10.0 Å². The van der Waals surface area contributed by atoms with Crippen LogP contribution in [0, 0.1) is 0 Å². The molecule has 0 bridgehead atoms. The molecule has 21 heavy (non-hydrogen) atoms. The van der Waals surface area contributed by atoms with Crippen molar-refractivity contribution in [1.82, 2.24) is 20.0 Å². The number of carboxylic acids is 1. The Kier molecular flexibility index (Phi) is 5.23. The molecule has 0 aliphatic heterocycles. The lowest BCUT2D eigenvalue weighted by Crippen LogP contribution is -2.41. The van der Waals surface area contributed by atoms with Crippen LogP contribution in [0.1, 0.15) is 19.4 Å². The summed E-state index contributed by atoms with van der Waals surface area (Å²) in [5.41, 5.74) is 0.706. The van der Waals surface area contributed by atoms with E-state index in [0.29, 0.717) is 0 Å². The lowest BCUT2D eigenvalue weighted by Gasteiger charge is -2.16. The largest absolute Gasteiger partial charge is 0.478 e. The van der Waals surface area contributed by atoms with Crippen molar-refractivity contribution in [2.24, 2.45) is 7.05 Å². The summed E-state index contributed by atoms with van der Waals surface area (Å²) < 4.78 is 1.61. The van der Waals surface area contributed by atoms with Crippen molar-refractivity contribution >= 4 is 17.9 Å². The predicted molar refractivity (Wildman–Crippen MR) is 74.2 cm³/mol. The van der Waals surface area contributed by atoms with Crippen LogP contribution in [0.5, 0.6) is 0 Å². The highest BCUT2D eigenvalue weighted by atomic mass is 16.4. The molecule has 0 saturated carbocycles. The van der Waals surface area contributed by atoms with Gasteiger partial charge in [0.1, 0.15) is 0 Å². The molecule has 114 valence electrons. The van der Waals surface area contributed by atoms with E-state index in [1.165, 1.54) is 25.8 Å². The second-order valence-electron chi connectivity index (χ2n) is 4.69. The van der Waals surface area contributed by atoms with Gasteiger partial charge in [-0.05, 0) is 13.8 Å². The molecule has 8 heteroatoms. The van der Waals surface area contributed by atoms with Crippen LogP contribution >= 0.6 is 0 Å². The van der Waals surface area contributed by atoms with Gasteiger partial charge in [0.15, 0.2) is 0 Å². The summed E-state index contributed by atoms with van der Waals surface area (Å²) in [6.07, 6.45) is 3.37. The summed E-state index contributed by atoms with van der Waals surface area (Å²) >= 11 is 0. The van der Waals surface area contributed by atoms with Crippen LogP contribution in [0.4, 0.5) is 4.79 Å². The van der Waals surface area contributed by atoms with Crippen LogP contribution < -0.4 is 5.32 Å². The molecule has 0 aromatic carbocycles. The zero-order valence-electron chi connectivity index (χ0n) is 12.4. The summed E-state index contributed by atoms with van der Waals surface area (Å²) in [4.78, 5) is 35.7. The number of amides is 3. The van der Waals surface area contributed by atoms with E-state index < -0.39 is 17.9 Å². The van der Waals surface area contributed by atoms with E-state index in [2.05, 4.69) is 10.4 Å². The zero-order valence-corrected chi connectivity index (χ0v) is 12.4. The molecule has 0 atom stereocenters. The molecule has 0 fully saturated rings. The Morgan fingerprint density at radius 1 is 1.33 bits per heavy atom. The first-order valence-corrected chi connectivity index (χ1v) is 6.17. The van der Waals surface area contributed by atoms with Crippen LogP contribution in [0.2, 0.25) is 0 Å². The summed E-state index contributed by atoms with van der Waals surface area (Å²) in [7, 11) is 3.29. The Hall–Kier alpha value is -2.64. The number of urea groups is 1. The number of aryl methyl sites for hydroxylation is 1. The molecule has 0 unspecified atom stereocenters. The maximum Gasteiger partial charge on any atom is 0.331 e. The van der Waals surface area contributed by atoms with Gasteiger partial charge in [-0.2, -0.15) is 5.10 Å². The maximum atomic E-state index is 11.9. The molecule has 1 rings (SSSR count). The molecule has 0 radical (unpaired) electrons. The highest BCUT2D eigenvalue weighted by molar-refractivity contribution is 6.07. The van der Waals surface area contributed by atoms with Crippen molar-refractivity contribution in [3.63, 3.8) is 0 Å². The Bertz CT molecular complexity index is 603. The van der Waals surface area contributed by atoms with Gasteiger partial charge in [0.2, 0.25) is 0 Å².